The Morgan fingerprint density at radius 1 is 1.06 bits per heavy atom. The van der Waals surface area contributed by atoms with Crippen molar-refractivity contribution in [3.8, 4) is 0 Å². The van der Waals surface area contributed by atoms with E-state index in [4.69, 9.17) is 0 Å². The van der Waals surface area contributed by atoms with E-state index in [0.717, 1.165) is 6.42 Å². The van der Waals surface area contributed by atoms with Crippen LogP contribution in [0.5, 0.6) is 0 Å². The van der Waals surface area contributed by atoms with Crippen LogP contribution in [0.4, 0.5) is 4.39 Å². The van der Waals surface area contributed by atoms with Gasteiger partial charge in [0.25, 0.3) is 0 Å². The first-order valence-electron chi connectivity index (χ1n) is 5.74. The SMILES string of the molecule is Fc1ccc(CC[NH+]2CC[NH2+]CC2)cc1.[Cl-].[Cl-]. The predicted molar refractivity (Wildman–Crippen MR) is 57.3 cm³/mol. The van der Waals surface area contributed by atoms with Crippen molar-refractivity contribution in [2.24, 2.45) is 0 Å². The van der Waals surface area contributed by atoms with Gasteiger partial charge in [0, 0.05) is 6.42 Å². The summed E-state index contributed by atoms with van der Waals surface area (Å²) in [7, 11) is 0. The molecule has 17 heavy (non-hydrogen) atoms. The van der Waals surface area contributed by atoms with E-state index in [1.54, 1.807) is 17.0 Å². The fraction of sp³-hybridized carbons (Fsp3) is 0.500. The number of rotatable bonds is 3. The standard InChI is InChI=1S/C12H17FN2.2ClH/c13-12-3-1-11(2-4-12)5-8-15-9-6-14-7-10-15;;/h1-4,14H,5-10H2;2*1H. The molecule has 1 saturated heterocycles. The van der Waals surface area contributed by atoms with Crippen LogP contribution in [-0.2, 0) is 6.42 Å². The lowest BCUT2D eigenvalue weighted by atomic mass is 10.1. The fourth-order valence-electron chi connectivity index (χ4n) is 2.10. The molecule has 0 spiro atoms. The third kappa shape index (κ3) is 5.68. The highest BCUT2D eigenvalue weighted by atomic mass is 35.5. The second-order valence-electron chi connectivity index (χ2n) is 4.24. The number of hydrogen-bond acceptors (Lipinski definition) is 0. The molecule has 1 aromatic rings. The highest BCUT2D eigenvalue weighted by molar-refractivity contribution is 5.15. The number of benzene rings is 1. The van der Waals surface area contributed by atoms with Crippen LogP contribution in [0.1, 0.15) is 5.56 Å². The third-order valence-corrected chi connectivity index (χ3v) is 3.08. The molecule has 0 aliphatic carbocycles. The van der Waals surface area contributed by atoms with Gasteiger partial charge in [0.2, 0.25) is 0 Å². The van der Waals surface area contributed by atoms with Crippen molar-refractivity contribution < 1.29 is 39.4 Å². The van der Waals surface area contributed by atoms with Gasteiger partial charge in [-0.1, -0.05) is 12.1 Å². The van der Waals surface area contributed by atoms with E-state index >= 15 is 0 Å². The minimum Gasteiger partial charge on any atom is -1.00 e. The van der Waals surface area contributed by atoms with Crippen molar-refractivity contribution in [3.63, 3.8) is 0 Å². The maximum absolute atomic E-state index is 12.7. The molecule has 1 heterocycles. The van der Waals surface area contributed by atoms with Gasteiger partial charge >= 0.3 is 0 Å². The molecular weight excluding hydrogens is 262 g/mol. The first kappa shape index (κ1) is 16.6. The van der Waals surface area contributed by atoms with Gasteiger partial charge in [0.05, 0.1) is 6.54 Å². The van der Waals surface area contributed by atoms with Crippen molar-refractivity contribution >= 4 is 0 Å². The summed E-state index contributed by atoms with van der Waals surface area (Å²) >= 11 is 0. The summed E-state index contributed by atoms with van der Waals surface area (Å²) in [5, 5.41) is 2.38. The van der Waals surface area contributed by atoms with Crippen LogP contribution in [0.15, 0.2) is 24.3 Å². The number of nitrogens with two attached hydrogens (primary N) is 1. The van der Waals surface area contributed by atoms with E-state index in [-0.39, 0.29) is 30.6 Å². The highest BCUT2D eigenvalue weighted by Crippen LogP contribution is 2.02. The minimum absolute atomic E-state index is 0. The van der Waals surface area contributed by atoms with E-state index in [2.05, 4.69) is 5.32 Å². The fourth-order valence-corrected chi connectivity index (χ4v) is 2.10. The molecule has 0 aromatic heterocycles. The van der Waals surface area contributed by atoms with E-state index in [9.17, 15) is 4.39 Å². The van der Waals surface area contributed by atoms with Crippen LogP contribution in [0, 0.1) is 5.82 Å². The smallest absolute Gasteiger partial charge is 0.127 e. The lowest BCUT2D eigenvalue weighted by Crippen LogP contribution is -3.20. The van der Waals surface area contributed by atoms with Crippen LogP contribution in [0.2, 0.25) is 0 Å². The zero-order valence-corrected chi connectivity index (χ0v) is 11.3. The minimum atomic E-state index is -0.140. The molecule has 0 radical (unpaired) electrons. The Morgan fingerprint density at radius 2 is 1.65 bits per heavy atom. The molecule has 0 saturated carbocycles. The average Bonchev–Trinajstić information content (AvgIpc) is 2.30. The number of halogens is 3. The van der Waals surface area contributed by atoms with Crippen molar-refractivity contribution in [2.75, 3.05) is 32.7 Å². The summed E-state index contributed by atoms with van der Waals surface area (Å²) in [6.07, 6.45) is 1.07. The van der Waals surface area contributed by atoms with Gasteiger partial charge in [-0.05, 0) is 17.7 Å². The van der Waals surface area contributed by atoms with Crippen LogP contribution < -0.4 is 35.0 Å². The molecule has 0 amide bonds. The molecule has 5 heteroatoms. The highest BCUT2D eigenvalue weighted by Gasteiger charge is 2.14. The summed E-state index contributed by atoms with van der Waals surface area (Å²) in [6.45, 7) is 6.21. The normalized spacial score (nSPS) is 15.8. The van der Waals surface area contributed by atoms with Gasteiger partial charge in [0.1, 0.15) is 32.0 Å². The van der Waals surface area contributed by atoms with Gasteiger partial charge in [-0.3, -0.25) is 0 Å². The summed E-state index contributed by atoms with van der Waals surface area (Å²) in [5.41, 5.74) is 1.25. The maximum Gasteiger partial charge on any atom is 0.127 e. The summed E-state index contributed by atoms with van der Waals surface area (Å²) in [5.74, 6) is -0.140. The Labute approximate surface area is 114 Å². The van der Waals surface area contributed by atoms with Crippen molar-refractivity contribution in [2.45, 2.75) is 6.42 Å². The molecule has 3 N–H and O–H groups in total. The molecule has 0 unspecified atom stereocenters. The monoisotopic (exact) mass is 280 g/mol. The van der Waals surface area contributed by atoms with Crippen LogP contribution >= 0.6 is 0 Å². The Balaban J connectivity index is 0.00000128. The Hall–Kier alpha value is -0.350. The molecule has 1 fully saturated rings. The summed E-state index contributed by atoms with van der Waals surface area (Å²) < 4.78 is 12.7. The van der Waals surface area contributed by atoms with Gasteiger partial charge in [0.15, 0.2) is 0 Å². The lowest BCUT2D eigenvalue weighted by molar-refractivity contribution is -0.946. The summed E-state index contributed by atoms with van der Waals surface area (Å²) in [4.78, 5) is 1.68. The first-order chi connectivity index (χ1) is 7.34. The molecule has 1 aliphatic rings. The van der Waals surface area contributed by atoms with Crippen molar-refractivity contribution in [1.29, 1.82) is 0 Å². The lowest BCUT2D eigenvalue weighted by Gasteiger charge is -2.22. The van der Waals surface area contributed by atoms with E-state index in [1.807, 2.05) is 12.1 Å². The number of hydrogen-bond donors (Lipinski definition) is 2. The predicted octanol–water partition coefficient (Wildman–Crippen LogP) is -7.16. The topological polar surface area (TPSA) is 21.1 Å². The number of piperazine rings is 1. The van der Waals surface area contributed by atoms with Gasteiger partial charge in [-0.2, -0.15) is 0 Å². The van der Waals surface area contributed by atoms with Gasteiger partial charge in [-0.15, -0.1) is 0 Å². The largest absolute Gasteiger partial charge is 1.00 e. The maximum atomic E-state index is 12.7. The van der Waals surface area contributed by atoms with Crippen LogP contribution in [0.25, 0.3) is 0 Å². The van der Waals surface area contributed by atoms with Crippen molar-refractivity contribution in [3.05, 3.63) is 35.6 Å². The Morgan fingerprint density at radius 3 is 2.24 bits per heavy atom. The Bertz CT molecular complexity index is 300. The number of nitrogens with one attached hydrogen (secondary N) is 1. The average molecular weight is 281 g/mol. The zero-order valence-electron chi connectivity index (χ0n) is 9.76. The third-order valence-electron chi connectivity index (χ3n) is 3.08. The van der Waals surface area contributed by atoms with Crippen LogP contribution in [-0.4, -0.2) is 32.7 Å². The molecule has 1 aliphatic heterocycles. The molecular formula is C12H19Cl2FN2. The van der Waals surface area contributed by atoms with E-state index in [0.29, 0.717) is 0 Å². The molecule has 98 valence electrons. The quantitative estimate of drug-likeness (QED) is 0.549. The molecule has 1 aromatic carbocycles. The molecule has 0 atom stereocenters. The van der Waals surface area contributed by atoms with E-state index < -0.39 is 0 Å². The summed E-state index contributed by atoms with van der Waals surface area (Å²) in [6, 6.07) is 6.89. The van der Waals surface area contributed by atoms with Gasteiger partial charge < -0.3 is 35.0 Å². The second-order valence-corrected chi connectivity index (χ2v) is 4.24. The molecule has 0 bridgehead atoms. The van der Waals surface area contributed by atoms with Gasteiger partial charge in [-0.25, -0.2) is 4.39 Å². The van der Waals surface area contributed by atoms with Crippen LogP contribution in [0.3, 0.4) is 0 Å². The molecule has 2 nitrogen and oxygen atoms in total. The zero-order chi connectivity index (χ0) is 10.5. The first-order valence-corrected chi connectivity index (χ1v) is 5.74. The number of quaternary nitrogens is 2. The second kappa shape index (κ2) is 8.70. The van der Waals surface area contributed by atoms with E-state index in [1.165, 1.54) is 38.3 Å². The Kier molecular flexibility index (Phi) is 8.52. The molecule has 2 rings (SSSR count). The van der Waals surface area contributed by atoms with Crippen molar-refractivity contribution in [1.82, 2.24) is 0 Å².